The molecule has 2 aromatic rings. The summed E-state index contributed by atoms with van der Waals surface area (Å²) in [5.41, 5.74) is 0.220. The van der Waals surface area contributed by atoms with E-state index in [1.807, 2.05) is 23.9 Å². The Hall–Kier alpha value is -1.65. The third-order valence-corrected chi connectivity index (χ3v) is 5.37. The fourth-order valence-corrected chi connectivity index (χ4v) is 3.92. The Morgan fingerprint density at radius 2 is 1.92 bits per heavy atom. The fourth-order valence-electron chi connectivity index (χ4n) is 2.67. The van der Waals surface area contributed by atoms with E-state index in [-0.39, 0.29) is 11.9 Å². The van der Waals surface area contributed by atoms with Gasteiger partial charge in [0.1, 0.15) is 5.75 Å². The van der Waals surface area contributed by atoms with Gasteiger partial charge in [-0.25, -0.2) is 0 Å². The molecular weight excluding hydrogens is 342 g/mol. The zero-order valence-electron chi connectivity index (χ0n) is 13.7. The molecule has 1 heterocycles. The summed E-state index contributed by atoms with van der Waals surface area (Å²) in [7, 11) is 0. The molecule has 3 nitrogen and oxygen atoms in total. The first-order chi connectivity index (χ1) is 11.5. The summed E-state index contributed by atoms with van der Waals surface area (Å²) in [5.74, 6) is 1.50. The molecule has 24 heavy (non-hydrogen) atoms. The molecule has 1 unspecified atom stereocenters. The smallest absolute Gasteiger partial charge is 0.264 e. The van der Waals surface area contributed by atoms with E-state index in [1.165, 1.54) is 10.5 Å². The predicted octanol–water partition coefficient (Wildman–Crippen LogP) is 4.85. The number of carbonyl (C=O) groups excluding carboxylic acids is 1. The Kier molecular flexibility index (Phi) is 5.07. The van der Waals surface area contributed by atoms with E-state index >= 15 is 0 Å². The van der Waals surface area contributed by atoms with Gasteiger partial charge in [0.2, 0.25) is 0 Å². The van der Waals surface area contributed by atoms with Crippen LogP contribution in [0.15, 0.2) is 53.4 Å². The van der Waals surface area contributed by atoms with Crippen LogP contribution in [0, 0.1) is 0 Å². The van der Waals surface area contributed by atoms with Gasteiger partial charge < -0.3 is 10.1 Å². The summed E-state index contributed by atoms with van der Waals surface area (Å²) < 4.78 is 5.87. The Balaban J connectivity index is 1.71. The van der Waals surface area contributed by atoms with Gasteiger partial charge in [-0.2, -0.15) is 0 Å². The lowest BCUT2D eigenvalue weighted by Gasteiger charge is -2.31. The fraction of sp³-hybridized carbons (Fsp3) is 0.316. The number of ether oxygens (including phenoxy) is 1. The molecule has 3 rings (SSSR count). The minimum Gasteiger partial charge on any atom is -0.478 e. The standard InChI is InChI=1S/C19H20ClNO2S/c1-19(2,23-14-9-7-13(20)8-10-14)18(22)21-16-11-12-24-17-6-4-3-5-15(16)17/h3-10,16H,11-12H2,1-2H3,(H,21,22). The van der Waals surface area contributed by atoms with Crippen LogP contribution in [0.25, 0.3) is 0 Å². The quantitative estimate of drug-likeness (QED) is 0.845. The molecule has 0 aromatic heterocycles. The zero-order valence-corrected chi connectivity index (χ0v) is 15.3. The molecule has 0 radical (unpaired) electrons. The highest BCUT2D eigenvalue weighted by atomic mass is 35.5. The van der Waals surface area contributed by atoms with Crippen LogP contribution >= 0.6 is 23.4 Å². The lowest BCUT2D eigenvalue weighted by Crippen LogP contribution is -2.48. The highest BCUT2D eigenvalue weighted by Gasteiger charge is 2.33. The average Bonchev–Trinajstić information content (AvgIpc) is 2.57. The van der Waals surface area contributed by atoms with Crippen LogP contribution in [-0.4, -0.2) is 17.3 Å². The van der Waals surface area contributed by atoms with Gasteiger partial charge in [0.25, 0.3) is 5.91 Å². The normalized spacial score (nSPS) is 17.0. The number of nitrogens with one attached hydrogen (secondary N) is 1. The van der Waals surface area contributed by atoms with Crippen LogP contribution in [0.3, 0.4) is 0 Å². The number of fused-ring (bicyclic) bond motifs is 1. The van der Waals surface area contributed by atoms with Crippen molar-refractivity contribution in [1.82, 2.24) is 5.32 Å². The first-order valence-electron chi connectivity index (χ1n) is 7.93. The first kappa shape index (κ1) is 17.2. The van der Waals surface area contributed by atoms with Crippen molar-refractivity contribution in [3.63, 3.8) is 0 Å². The van der Waals surface area contributed by atoms with Crippen molar-refractivity contribution in [1.29, 1.82) is 0 Å². The molecule has 0 bridgehead atoms. The van der Waals surface area contributed by atoms with Crippen molar-refractivity contribution < 1.29 is 9.53 Å². The van der Waals surface area contributed by atoms with Crippen molar-refractivity contribution in [3.05, 3.63) is 59.1 Å². The van der Waals surface area contributed by atoms with E-state index in [2.05, 4.69) is 17.4 Å². The number of benzene rings is 2. The summed E-state index contributed by atoms with van der Waals surface area (Å²) in [5, 5.41) is 3.78. The van der Waals surface area contributed by atoms with E-state index in [4.69, 9.17) is 16.3 Å². The number of hydrogen-bond acceptors (Lipinski definition) is 3. The van der Waals surface area contributed by atoms with E-state index in [0.29, 0.717) is 10.8 Å². The largest absolute Gasteiger partial charge is 0.478 e. The van der Waals surface area contributed by atoms with Gasteiger partial charge in [0.05, 0.1) is 6.04 Å². The maximum Gasteiger partial charge on any atom is 0.264 e. The summed E-state index contributed by atoms with van der Waals surface area (Å²) >= 11 is 7.72. The highest BCUT2D eigenvalue weighted by Crippen LogP contribution is 2.36. The second-order valence-electron chi connectivity index (χ2n) is 6.27. The Labute approximate surface area is 151 Å². The summed E-state index contributed by atoms with van der Waals surface area (Å²) in [4.78, 5) is 14.0. The molecule has 0 aliphatic carbocycles. The van der Waals surface area contributed by atoms with Crippen molar-refractivity contribution in [2.45, 2.75) is 36.8 Å². The van der Waals surface area contributed by atoms with Crippen molar-refractivity contribution >= 4 is 29.3 Å². The van der Waals surface area contributed by atoms with Crippen LogP contribution in [0.5, 0.6) is 5.75 Å². The van der Waals surface area contributed by atoms with Gasteiger partial charge in [0.15, 0.2) is 5.60 Å². The van der Waals surface area contributed by atoms with E-state index in [0.717, 1.165) is 12.2 Å². The number of amides is 1. The molecule has 1 atom stereocenters. The first-order valence-corrected chi connectivity index (χ1v) is 9.29. The number of rotatable bonds is 4. The SMILES string of the molecule is CC(C)(Oc1ccc(Cl)cc1)C(=O)NC1CCSc2ccccc21. The predicted molar refractivity (Wildman–Crippen MR) is 98.8 cm³/mol. The number of carbonyl (C=O) groups is 1. The molecule has 1 aliphatic heterocycles. The molecule has 1 amide bonds. The topological polar surface area (TPSA) is 38.3 Å². The molecule has 2 aromatic carbocycles. The molecule has 0 saturated heterocycles. The molecule has 126 valence electrons. The van der Waals surface area contributed by atoms with E-state index in [1.54, 1.807) is 38.1 Å². The molecule has 1 aliphatic rings. The van der Waals surface area contributed by atoms with Crippen LogP contribution in [0.4, 0.5) is 0 Å². The van der Waals surface area contributed by atoms with Crippen LogP contribution in [0.2, 0.25) is 5.02 Å². The monoisotopic (exact) mass is 361 g/mol. The van der Waals surface area contributed by atoms with Crippen LogP contribution < -0.4 is 10.1 Å². The summed E-state index contributed by atoms with van der Waals surface area (Å²) in [6.07, 6.45) is 0.921. The number of thioether (sulfide) groups is 1. The molecule has 0 spiro atoms. The van der Waals surface area contributed by atoms with Gasteiger partial charge >= 0.3 is 0 Å². The molecule has 0 saturated carbocycles. The third kappa shape index (κ3) is 3.87. The Morgan fingerprint density at radius 1 is 1.21 bits per heavy atom. The molecule has 1 N–H and O–H groups in total. The Morgan fingerprint density at radius 3 is 2.67 bits per heavy atom. The molecule has 0 fully saturated rings. The maximum absolute atomic E-state index is 12.7. The van der Waals surface area contributed by atoms with Gasteiger partial charge in [-0.15, -0.1) is 11.8 Å². The summed E-state index contributed by atoms with van der Waals surface area (Å²) in [6, 6.07) is 15.3. The highest BCUT2D eigenvalue weighted by molar-refractivity contribution is 7.99. The van der Waals surface area contributed by atoms with Crippen molar-refractivity contribution in [3.8, 4) is 5.75 Å². The van der Waals surface area contributed by atoms with Gasteiger partial charge in [-0.3, -0.25) is 4.79 Å². The van der Waals surface area contributed by atoms with E-state index < -0.39 is 5.60 Å². The van der Waals surface area contributed by atoms with Crippen molar-refractivity contribution in [2.24, 2.45) is 0 Å². The van der Waals surface area contributed by atoms with Crippen LogP contribution in [0.1, 0.15) is 31.9 Å². The van der Waals surface area contributed by atoms with Crippen LogP contribution in [-0.2, 0) is 4.79 Å². The zero-order chi connectivity index (χ0) is 17.2. The lowest BCUT2D eigenvalue weighted by molar-refractivity contribution is -0.135. The Bertz CT molecular complexity index is 730. The van der Waals surface area contributed by atoms with Gasteiger partial charge in [0, 0.05) is 15.7 Å². The third-order valence-electron chi connectivity index (χ3n) is 4.00. The summed E-state index contributed by atoms with van der Waals surface area (Å²) in [6.45, 7) is 3.56. The number of halogens is 1. The average molecular weight is 362 g/mol. The maximum atomic E-state index is 12.7. The van der Waals surface area contributed by atoms with Crippen molar-refractivity contribution in [2.75, 3.05) is 5.75 Å². The molecule has 5 heteroatoms. The second kappa shape index (κ2) is 7.08. The molecular formula is C19H20ClNO2S. The minimum absolute atomic E-state index is 0.0306. The van der Waals surface area contributed by atoms with E-state index in [9.17, 15) is 4.79 Å². The van der Waals surface area contributed by atoms with Gasteiger partial charge in [-0.1, -0.05) is 29.8 Å². The lowest BCUT2D eigenvalue weighted by atomic mass is 10.0. The van der Waals surface area contributed by atoms with Gasteiger partial charge in [-0.05, 0) is 56.2 Å². The number of hydrogen-bond donors (Lipinski definition) is 1. The second-order valence-corrected chi connectivity index (χ2v) is 7.84. The minimum atomic E-state index is -0.965.